The molecule has 0 aromatic carbocycles. The first-order valence-corrected chi connectivity index (χ1v) is 4.14. The maximum Gasteiger partial charge on any atom is 0.00278 e. The van der Waals surface area contributed by atoms with E-state index in [1.165, 1.54) is 5.57 Å². The lowest BCUT2D eigenvalue weighted by atomic mass is 9.82. The molecule has 1 aliphatic rings. The Balaban J connectivity index is 2.80. The average molecular weight is 151 g/mol. The zero-order valence-corrected chi connectivity index (χ0v) is 7.81. The van der Waals surface area contributed by atoms with Gasteiger partial charge in [-0.05, 0) is 23.1 Å². The van der Waals surface area contributed by atoms with Gasteiger partial charge in [0, 0.05) is 7.05 Å². The molecule has 0 radical (unpaired) electrons. The van der Waals surface area contributed by atoms with Gasteiger partial charge in [0.25, 0.3) is 0 Å². The third-order valence-corrected chi connectivity index (χ3v) is 2.63. The number of hydrogen-bond acceptors (Lipinski definition) is 1. The molecule has 1 rings (SSSR count). The highest BCUT2D eigenvalue weighted by Gasteiger charge is 2.29. The Morgan fingerprint density at radius 1 is 1.55 bits per heavy atom. The summed E-state index contributed by atoms with van der Waals surface area (Å²) in [5.41, 5.74) is 1.74. The molecule has 0 amide bonds. The Bertz CT molecular complexity index is 199. The summed E-state index contributed by atoms with van der Waals surface area (Å²) in [6.07, 6.45) is 6.57. The first-order chi connectivity index (χ1) is 5.08. The first-order valence-electron chi connectivity index (χ1n) is 4.14. The van der Waals surface area contributed by atoms with Gasteiger partial charge in [0.15, 0.2) is 0 Å². The van der Waals surface area contributed by atoms with Crippen LogP contribution in [0.1, 0.15) is 20.8 Å². The van der Waals surface area contributed by atoms with Crippen LogP contribution in [-0.2, 0) is 0 Å². The minimum Gasteiger partial charge on any atom is -0.394 e. The largest absolute Gasteiger partial charge is 0.394 e. The van der Waals surface area contributed by atoms with Crippen molar-refractivity contribution in [2.45, 2.75) is 20.8 Å². The van der Waals surface area contributed by atoms with Gasteiger partial charge in [0.2, 0.25) is 0 Å². The minimum atomic E-state index is 0.336. The molecule has 0 aromatic heterocycles. The third-order valence-electron chi connectivity index (χ3n) is 2.63. The Morgan fingerprint density at radius 3 is 2.55 bits per heavy atom. The Labute approximate surface area is 69.2 Å². The molecule has 0 saturated carbocycles. The second kappa shape index (κ2) is 2.72. The van der Waals surface area contributed by atoms with Gasteiger partial charge in [-0.3, -0.25) is 0 Å². The molecule has 1 aliphatic carbocycles. The van der Waals surface area contributed by atoms with Crippen LogP contribution in [0.5, 0.6) is 0 Å². The van der Waals surface area contributed by atoms with Crippen LogP contribution >= 0.6 is 0 Å². The number of nitrogens with one attached hydrogen (secondary N) is 1. The molecule has 62 valence electrons. The van der Waals surface area contributed by atoms with Crippen LogP contribution in [0.4, 0.5) is 0 Å². The van der Waals surface area contributed by atoms with E-state index in [1.54, 1.807) is 0 Å². The van der Waals surface area contributed by atoms with Crippen LogP contribution in [0.3, 0.4) is 0 Å². The lowest BCUT2D eigenvalue weighted by molar-refractivity contribution is 0.375. The van der Waals surface area contributed by atoms with Gasteiger partial charge in [-0.25, -0.2) is 0 Å². The van der Waals surface area contributed by atoms with Gasteiger partial charge in [0.05, 0.1) is 0 Å². The summed E-state index contributed by atoms with van der Waals surface area (Å²) < 4.78 is 0. The SMILES string of the molecule is CN/C=C1/C=CC(C)(C)C1C. The summed E-state index contributed by atoms with van der Waals surface area (Å²) in [6.45, 7) is 6.80. The quantitative estimate of drug-likeness (QED) is 0.606. The van der Waals surface area contributed by atoms with Crippen LogP contribution < -0.4 is 5.32 Å². The zero-order chi connectivity index (χ0) is 8.48. The van der Waals surface area contributed by atoms with E-state index in [0.717, 1.165) is 0 Å². The molecule has 1 nitrogen and oxygen atoms in total. The summed E-state index contributed by atoms with van der Waals surface area (Å²) >= 11 is 0. The predicted octanol–water partition coefficient (Wildman–Crippen LogP) is 2.32. The Kier molecular flexibility index (Phi) is 2.08. The fourth-order valence-electron chi connectivity index (χ4n) is 1.37. The van der Waals surface area contributed by atoms with Gasteiger partial charge in [-0.15, -0.1) is 0 Å². The fourth-order valence-corrected chi connectivity index (χ4v) is 1.37. The standard InChI is InChI=1S/C10H17N/c1-8-9(7-11-4)5-6-10(8,2)3/h5-8,11H,1-4H3/b9-7-. The summed E-state index contributed by atoms with van der Waals surface area (Å²) in [6, 6.07) is 0. The van der Waals surface area contributed by atoms with E-state index in [2.05, 4.69) is 44.4 Å². The van der Waals surface area contributed by atoms with Crippen molar-refractivity contribution < 1.29 is 0 Å². The van der Waals surface area contributed by atoms with Crippen molar-refractivity contribution in [1.82, 2.24) is 5.32 Å². The molecule has 0 saturated heterocycles. The van der Waals surface area contributed by atoms with Crippen LogP contribution in [0.25, 0.3) is 0 Å². The van der Waals surface area contributed by atoms with Crippen LogP contribution in [0.2, 0.25) is 0 Å². The number of hydrogen-bond donors (Lipinski definition) is 1. The molecule has 0 spiro atoms. The molecule has 0 heterocycles. The fraction of sp³-hybridized carbons (Fsp3) is 0.600. The van der Waals surface area contributed by atoms with Gasteiger partial charge in [-0.1, -0.05) is 32.9 Å². The van der Waals surface area contributed by atoms with Crippen molar-refractivity contribution in [2.75, 3.05) is 7.05 Å². The first kappa shape index (κ1) is 8.38. The maximum atomic E-state index is 3.06. The van der Waals surface area contributed by atoms with Crippen molar-refractivity contribution in [3.05, 3.63) is 23.9 Å². The molecule has 0 aromatic rings. The highest BCUT2D eigenvalue weighted by Crippen LogP contribution is 2.39. The molecular weight excluding hydrogens is 134 g/mol. The minimum absolute atomic E-state index is 0.336. The van der Waals surface area contributed by atoms with Crippen molar-refractivity contribution >= 4 is 0 Å². The summed E-state index contributed by atoms with van der Waals surface area (Å²) in [7, 11) is 1.94. The molecule has 1 heteroatoms. The van der Waals surface area contributed by atoms with Gasteiger partial charge in [-0.2, -0.15) is 0 Å². The van der Waals surface area contributed by atoms with E-state index in [1.807, 2.05) is 7.05 Å². The molecule has 1 unspecified atom stereocenters. The third kappa shape index (κ3) is 1.47. The molecule has 1 N–H and O–H groups in total. The molecule has 1 atom stereocenters. The predicted molar refractivity (Wildman–Crippen MR) is 49.2 cm³/mol. The average Bonchev–Trinajstić information content (AvgIpc) is 2.17. The maximum absolute atomic E-state index is 3.06. The topological polar surface area (TPSA) is 12.0 Å². The van der Waals surface area contributed by atoms with Gasteiger partial charge >= 0.3 is 0 Å². The molecule has 11 heavy (non-hydrogen) atoms. The van der Waals surface area contributed by atoms with E-state index >= 15 is 0 Å². The van der Waals surface area contributed by atoms with Crippen LogP contribution in [0, 0.1) is 11.3 Å². The van der Waals surface area contributed by atoms with Crippen molar-refractivity contribution in [3.63, 3.8) is 0 Å². The van der Waals surface area contributed by atoms with Crippen molar-refractivity contribution in [3.8, 4) is 0 Å². The summed E-state index contributed by atoms with van der Waals surface area (Å²) in [5, 5.41) is 3.06. The lowest BCUT2D eigenvalue weighted by Gasteiger charge is -2.23. The Morgan fingerprint density at radius 2 is 2.18 bits per heavy atom. The summed E-state index contributed by atoms with van der Waals surface area (Å²) in [5.74, 6) is 0.634. The smallest absolute Gasteiger partial charge is 0.00278 e. The monoisotopic (exact) mass is 151 g/mol. The van der Waals surface area contributed by atoms with E-state index in [0.29, 0.717) is 11.3 Å². The second-order valence-electron chi connectivity index (χ2n) is 3.81. The lowest BCUT2D eigenvalue weighted by Crippen LogP contribution is -2.15. The number of allylic oxidation sites excluding steroid dienone is 3. The molecule has 0 fully saturated rings. The van der Waals surface area contributed by atoms with E-state index in [4.69, 9.17) is 0 Å². The van der Waals surface area contributed by atoms with Crippen molar-refractivity contribution in [2.24, 2.45) is 11.3 Å². The van der Waals surface area contributed by atoms with Gasteiger partial charge in [0.1, 0.15) is 0 Å². The van der Waals surface area contributed by atoms with E-state index in [9.17, 15) is 0 Å². The highest BCUT2D eigenvalue weighted by molar-refractivity contribution is 5.31. The Hall–Kier alpha value is -0.720. The van der Waals surface area contributed by atoms with Gasteiger partial charge < -0.3 is 5.32 Å². The molecule has 0 aliphatic heterocycles. The zero-order valence-electron chi connectivity index (χ0n) is 7.81. The second-order valence-corrected chi connectivity index (χ2v) is 3.81. The van der Waals surface area contributed by atoms with E-state index in [-0.39, 0.29) is 0 Å². The van der Waals surface area contributed by atoms with Crippen molar-refractivity contribution in [1.29, 1.82) is 0 Å². The summed E-state index contributed by atoms with van der Waals surface area (Å²) in [4.78, 5) is 0. The molecular formula is C10H17N. The van der Waals surface area contributed by atoms with E-state index < -0.39 is 0 Å². The highest BCUT2D eigenvalue weighted by atomic mass is 14.8. The van der Waals surface area contributed by atoms with Crippen LogP contribution in [0.15, 0.2) is 23.9 Å². The molecule has 0 bridgehead atoms. The van der Waals surface area contributed by atoms with Crippen LogP contribution in [-0.4, -0.2) is 7.05 Å². The normalized spacial score (nSPS) is 31.3. The number of rotatable bonds is 1.